The van der Waals surface area contributed by atoms with Crippen molar-refractivity contribution < 1.29 is 18.0 Å². The van der Waals surface area contributed by atoms with E-state index in [-0.39, 0.29) is 10.6 Å². The second-order valence-corrected chi connectivity index (χ2v) is 11.6. The van der Waals surface area contributed by atoms with Crippen LogP contribution in [0.5, 0.6) is 0 Å². The van der Waals surface area contributed by atoms with E-state index in [4.69, 9.17) is 0 Å². The van der Waals surface area contributed by atoms with E-state index in [0.717, 1.165) is 18.4 Å². The Morgan fingerprint density at radius 3 is 2.39 bits per heavy atom. The van der Waals surface area contributed by atoms with Gasteiger partial charge in [0.05, 0.1) is 21.7 Å². The van der Waals surface area contributed by atoms with E-state index in [0.29, 0.717) is 30.3 Å². The highest BCUT2D eigenvalue weighted by Crippen LogP contribution is 2.27. The molecule has 33 heavy (non-hydrogen) atoms. The van der Waals surface area contributed by atoms with Crippen molar-refractivity contribution in [1.82, 2.24) is 24.5 Å². The second-order valence-electron chi connectivity index (χ2n) is 8.68. The number of nitrogens with zero attached hydrogens (tertiary/aromatic N) is 3. The molecule has 2 rings (SSSR count). The van der Waals surface area contributed by atoms with E-state index in [1.165, 1.54) is 16.1 Å². The van der Waals surface area contributed by atoms with Crippen LogP contribution in [-0.4, -0.2) is 58.6 Å². The van der Waals surface area contributed by atoms with Crippen LogP contribution in [0.4, 0.5) is 4.79 Å². The predicted molar refractivity (Wildman–Crippen MR) is 132 cm³/mol. The molecule has 2 N–H and O–H groups in total. The second kappa shape index (κ2) is 11.3. The lowest BCUT2D eigenvalue weighted by atomic mass is 10.1. The van der Waals surface area contributed by atoms with E-state index >= 15 is 0 Å². The first-order valence-electron chi connectivity index (χ1n) is 11.2. The molecule has 0 fully saturated rings. The lowest BCUT2D eigenvalue weighted by Crippen LogP contribution is -2.48. The van der Waals surface area contributed by atoms with Crippen LogP contribution in [0.25, 0.3) is 11.0 Å². The summed E-state index contributed by atoms with van der Waals surface area (Å²) in [5, 5.41) is 5.63. The molecule has 184 valence electrons. The van der Waals surface area contributed by atoms with Crippen LogP contribution in [0.2, 0.25) is 0 Å². The van der Waals surface area contributed by atoms with Crippen molar-refractivity contribution in [3.05, 3.63) is 18.2 Å². The number of hydrogen-bond acceptors (Lipinski definition) is 6. The molecule has 0 spiro atoms. The fraction of sp³-hybridized carbons (Fsp3) is 0.591. The first-order valence-corrected chi connectivity index (χ1v) is 13.6. The Balaban J connectivity index is 2.28. The number of imidazole rings is 1. The minimum absolute atomic E-state index is 0.0115. The Morgan fingerprint density at radius 2 is 1.82 bits per heavy atom. The number of nitrogens with one attached hydrogen (secondary N) is 2. The van der Waals surface area contributed by atoms with Gasteiger partial charge in [-0.3, -0.25) is 10.1 Å². The molecule has 1 aromatic heterocycles. The summed E-state index contributed by atoms with van der Waals surface area (Å²) in [6, 6.07) is 4.43. The summed E-state index contributed by atoms with van der Waals surface area (Å²) in [4.78, 5) is 29.0. The van der Waals surface area contributed by atoms with Crippen molar-refractivity contribution in [3.8, 4) is 0 Å². The third kappa shape index (κ3) is 7.18. The molecule has 0 radical (unpaired) electrons. The number of aromatic nitrogens is 2. The van der Waals surface area contributed by atoms with Gasteiger partial charge in [-0.25, -0.2) is 18.2 Å². The summed E-state index contributed by atoms with van der Waals surface area (Å²) in [6.07, 6.45) is 1.89. The Kier molecular flexibility index (Phi) is 9.33. The third-order valence-corrected chi connectivity index (χ3v) is 7.86. The van der Waals surface area contributed by atoms with Crippen molar-refractivity contribution in [3.63, 3.8) is 0 Å². The first-order chi connectivity index (χ1) is 15.4. The fourth-order valence-corrected chi connectivity index (χ4v) is 5.59. The zero-order valence-corrected chi connectivity index (χ0v) is 21.9. The molecule has 3 amide bonds. The van der Waals surface area contributed by atoms with Crippen LogP contribution in [0.15, 0.2) is 28.3 Å². The van der Waals surface area contributed by atoms with Gasteiger partial charge in [-0.1, -0.05) is 39.0 Å². The summed E-state index contributed by atoms with van der Waals surface area (Å²) < 4.78 is 29.2. The number of sulfonamides is 1. The van der Waals surface area contributed by atoms with Gasteiger partial charge in [-0.15, -0.1) is 0 Å². The number of rotatable bonds is 10. The highest BCUT2D eigenvalue weighted by atomic mass is 32.2. The average molecular weight is 498 g/mol. The molecule has 11 heteroatoms. The number of fused-ring (bicyclic) bond motifs is 1. The van der Waals surface area contributed by atoms with E-state index in [1.807, 2.05) is 25.3 Å². The third-order valence-electron chi connectivity index (χ3n) is 4.84. The molecule has 0 bridgehead atoms. The minimum Gasteiger partial charge on any atom is -0.333 e. The number of benzene rings is 1. The summed E-state index contributed by atoms with van der Waals surface area (Å²) in [7, 11) is -3.60. The van der Waals surface area contributed by atoms with Crippen molar-refractivity contribution in [2.24, 2.45) is 0 Å². The van der Waals surface area contributed by atoms with Gasteiger partial charge in [0, 0.05) is 25.2 Å². The van der Waals surface area contributed by atoms with Crippen LogP contribution in [0.1, 0.15) is 54.4 Å². The van der Waals surface area contributed by atoms with Gasteiger partial charge in [-0.05, 0) is 45.4 Å². The van der Waals surface area contributed by atoms with E-state index in [1.54, 1.807) is 32.0 Å². The zero-order chi connectivity index (χ0) is 24.8. The molecule has 1 aromatic carbocycles. The van der Waals surface area contributed by atoms with E-state index in [9.17, 15) is 18.0 Å². The first kappa shape index (κ1) is 27.1. The van der Waals surface area contributed by atoms with Gasteiger partial charge in [0.2, 0.25) is 15.9 Å². The van der Waals surface area contributed by atoms with Gasteiger partial charge < -0.3 is 9.88 Å². The molecule has 0 atom stereocenters. The standard InChI is InChI=1S/C22H35N5O4S2/c1-7-10-13-27-18-12-11-16(33(30,31)26(8-2)9-3)14-17(18)23-21(27)32-15-19(28)24-20(29)25-22(4,5)6/h11-12,14H,7-10,13,15H2,1-6H3,(H2,24,25,28,29). The van der Waals surface area contributed by atoms with Crippen LogP contribution in [0.3, 0.4) is 0 Å². The van der Waals surface area contributed by atoms with Crippen molar-refractivity contribution in [1.29, 1.82) is 0 Å². The molecule has 0 saturated heterocycles. The highest BCUT2D eigenvalue weighted by Gasteiger charge is 2.23. The maximum Gasteiger partial charge on any atom is 0.321 e. The topological polar surface area (TPSA) is 113 Å². The number of carbonyl (C=O) groups excluding carboxylic acids is 2. The molecule has 0 aliphatic carbocycles. The molecule has 9 nitrogen and oxygen atoms in total. The molecule has 0 aliphatic heterocycles. The number of thioether (sulfide) groups is 1. The van der Waals surface area contributed by atoms with Crippen molar-refractivity contribution in [2.45, 2.75) is 76.5 Å². The molecular weight excluding hydrogens is 462 g/mol. The minimum atomic E-state index is -3.60. The number of carbonyl (C=O) groups is 2. The normalized spacial score (nSPS) is 12.3. The largest absolute Gasteiger partial charge is 0.333 e. The maximum atomic E-state index is 12.9. The van der Waals surface area contributed by atoms with Gasteiger partial charge in [0.15, 0.2) is 5.16 Å². The lowest BCUT2D eigenvalue weighted by Gasteiger charge is -2.20. The molecular formula is C22H35N5O4S2. The van der Waals surface area contributed by atoms with Gasteiger partial charge >= 0.3 is 6.03 Å². The average Bonchev–Trinajstić information content (AvgIpc) is 3.06. The molecule has 0 aliphatic rings. The number of hydrogen-bond donors (Lipinski definition) is 2. The molecule has 0 saturated carbocycles. The maximum absolute atomic E-state index is 12.9. The number of amides is 3. The Bertz CT molecular complexity index is 1090. The van der Waals surface area contributed by atoms with Gasteiger partial charge in [0.25, 0.3) is 0 Å². The van der Waals surface area contributed by atoms with Crippen LogP contribution in [0, 0.1) is 0 Å². The monoisotopic (exact) mass is 497 g/mol. The van der Waals surface area contributed by atoms with Crippen LogP contribution < -0.4 is 10.6 Å². The Labute approximate surface area is 200 Å². The zero-order valence-electron chi connectivity index (χ0n) is 20.3. The number of urea groups is 1. The SMILES string of the molecule is CCCCn1c(SCC(=O)NC(=O)NC(C)(C)C)nc2cc(S(=O)(=O)N(CC)CC)ccc21. The van der Waals surface area contributed by atoms with Crippen LogP contribution in [-0.2, 0) is 21.4 Å². The Morgan fingerprint density at radius 1 is 1.15 bits per heavy atom. The molecule has 0 unspecified atom stereocenters. The highest BCUT2D eigenvalue weighted by molar-refractivity contribution is 7.99. The Hall–Kier alpha value is -2.11. The lowest BCUT2D eigenvalue weighted by molar-refractivity contribution is -0.117. The number of imide groups is 1. The van der Waals surface area contributed by atoms with E-state index < -0.39 is 27.5 Å². The molecule has 1 heterocycles. The summed E-state index contributed by atoms with van der Waals surface area (Å²) in [5.41, 5.74) is 0.928. The van der Waals surface area contributed by atoms with E-state index in [2.05, 4.69) is 22.5 Å². The summed E-state index contributed by atoms with van der Waals surface area (Å²) >= 11 is 1.22. The predicted octanol–water partition coefficient (Wildman–Crippen LogP) is 3.58. The number of unbranched alkanes of at least 4 members (excludes halogenated alkanes) is 1. The smallest absolute Gasteiger partial charge is 0.321 e. The van der Waals surface area contributed by atoms with Gasteiger partial charge in [-0.2, -0.15) is 4.31 Å². The number of aryl methyl sites for hydroxylation is 1. The van der Waals surface area contributed by atoms with Crippen molar-refractivity contribution >= 4 is 44.8 Å². The summed E-state index contributed by atoms with van der Waals surface area (Å²) in [6.45, 7) is 12.7. The quantitative estimate of drug-likeness (QED) is 0.485. The van der Waals surface area contributed by atoms with Gasteiger partial charge in [0.1, 0.15) is 0 Å². The summed E-state index contributed by atoms with van der Waals surface area (Å²) in [5.74, 6) is -0.418. The van der Waals surface area contributed by atoms with Crippen LogP contribution >= 0.6 is 11.8 Å². The molecule has 2 aromatic rings. The van der Waals surface area contributed by atoms with Crippen molar-refractivity contribution in [2.75, 3.05) is 18.8 Å². The fourth-order valence-electron chi connectivity index (χ4n) is 3.27.